The molecule has 0 amide bonds. The number of hydrogen-bond donors (Lipinski definition) is 2. The monoisotopic (exact) mass is 410 g/mol. The molecule has 4 rings (SSSR count). The maximum Gasteiger partial charge on any atom is 0.189 e. The highest BCUT2D eigenvalue weighted by Gasteiger charge is 2.21. The van der Waals surface area contributed by atoms with Crippen LogP contribution in [0.1, 0.15) is 23.6 Å². The molecule has 1 saturated heterocycles. The number of rotatable bonds is 7. The van der Waals surface area contributed by atoms with E-state index in [0.717, 1.165) is 61.9 Å². The van der Waals surface area contributed by atoms with E-state index < -0.39 is 0 Å². The first-order valence-corrected chi connectivity index (χ1v) is 10.6. The van der Waals surface area contributed by atoms with Gasteiger partial charge in [-0.05, 0) is 12.1 Å². The molecule has 2 aliphatic heterocycles. The molecule has 0 spiro atoms. The van der Waals surface area contributed by atoms with Crippen molar-refractivity contribution in [3.05, 3.63) is 59.7 Å². The van der Waals surface area contributed by atoms with E-state index in [9.17, 15) is 0 Å². The first-order chi connectivity index (χ1) is 14.8. The molecule has 7 heteroatoms. The van der Waals surface area contributed by atoms with Crippen molar-refractivity contribution in [2.75, 3.05) is 46.1 Å². The first-order valence-electron chi connectivity index (χ1n) is 10.6. The fourth-order valence-corrected chi connectivity index (χ4v) is 3.77. The number of aliphatic imine (C=N–C) groups is 1. The van der Waals surface area contributed by atoms with E-state index in [1.165, 1.54) is 0 Å². The molecule has 1 fully saturated rings. The third-order valence-electron chi connectivity index (χ3n) is 5.44. The molecule has 2 heterocycles. The van der Waals surface area contributed by atoms with Crippen LogP contribution in [0.3, 0.4) is 0 Å². The number of guanidine groups is 1. The van der Waals surface area contributed by atoms with E-state index in [0.29, 0.717) is 25.7 Å². The number of para-hydroxylation sites is 2. The molecule has 2 aromatic carbocycles. The van der Waals surface area contributed by atoms with Gasteiger partial charge in [0, 0.05) is 37.2 Å². The van der Waals surface area contributed by atoms with E-state index in [4.69, 9.17) is 19.9 Å². The fourth-order valence-electron chi connectivity index (χ4n) is 3.77. The molecular weight excluding hydrogens is 380 g/mol. The second-order valence-electron chi connectivity index (χ2n) is 7.48. The molecule has 0 aromatic heterocycles. The van der Waals surface area contributed by atoms with Crippen LogP contribution in [0, 0.1) is 0 Å². The van der Waals surface area contributed by atoms with E-state index in [2.05, 4.69) is 21.3 Å². The Balaban J connectivity index is 1.32. The van der Waals surface area contributed by atoms with Gasteiger partial charge in [0.25, 0.3) is 0 Å². The summed E-state index contributed by atoms with van der Waals surface area (Å²) < 4.78 is 17.1. The highest BCUT2D eigenvalue weighted by Crippen LogP contribution is 2.31. The highest BCUT2D eigenvalue weighted by atomic mass is 16.5. The van der Waals surface area contributed by atoms with E-state index >= 15 is 0 Å². The van der Waals surface area contributed by atoms with Crippen LogP contribution in [0.2, 0.25) is 0 Å². The van der Waals surface area contributed by atoms with Gasteiger partial charge in [-0.3, -0.25) is 4.90 Å². The van der Waals surface area contributed by atoms with Crippen molar-refractivity contribution in [1.29, 1.82) is 0 Å². The Morgan fingerprint density at radius 1 is 1.10 bits per heavy atom. The Hall–Kier alpha value is -2.77. The number of fused-ring (bicyclic) bond motifs is 1. The van der Waals surface area contributed by atoms with Crippen LogP contribution < -0.4 is 20.5 Å². The minimum Gasteiger partial charge on any atom is -0.493 e. The third kappa shape index (κ3) is 5.43. The summed E-state index contributed by atoms with van der Waals surface area (Å²) in [4.78, 5) is 6.91. The van der Waals surface area contributed by atoms with Crippen LogP contribution in [0.25, 0.3) is 0 Å². The predicted octanol–water partition coefficient (Wildman–Crippen LogP) is 2.33. The average Bonchev–Trinajstić information content (AvgIpc) is 2.79. The summed E-state index contributed by atoms with van der Waals surface area (Å²) >= 11 is 0. The number of nitrogens with zero attached hydrogens (tertiary/aromatic N) is 2. The summed E-state index contributed by atoms with van der Waals surface area (Å²) in [6.45, 7) is 6.21. The summed E-state index contributed by atoms with van der Waals surface area (Å²) in [5.74, 6) is 2.20. The van der Waals surface area contributed by atoms with Gasteiger partial charge in [-0.2, -0.15) is 0 Å². The topological polar surface area (TPSA) is 81.3 Å². The molecule has 160 valence electrons. The zero-order valence-electron chi connectivity index (χ0n) is 17.3. The summed E-state index contributed by atoms with van der Waals surface area (Å²) in [5, 5.41) is 3.34. The highest BCUT2D eigenvalue weighted by molar-refractivity contribution is 5.78. The van der Waals surface area contributed by atoms with Gasteiger partial charge in [-0.1, -0.05) is 36.4 Å². The quantitative estimate of drug-likeness (QED) is 0.539. The summed E-state index contributed by atoms with van der Waals surface area (Å²) in [5.41, 5.74) is 8.34. The van der Waals surface area contributed by atoms with Crippen LogP contribution in [-0.2, 0) is 11.3 Å². The molecule has 0 bridgehead atoms. The Bertz CT molecular complexity index is 852. The van der Waals surface area contributed by atoms with Crippen LogP contribution >= 0.6 is 0 Å². The Morgan fingerprint density at radius 2 is 1.90 bits per heavy atom. The number of nitrogens with two attached hydrogens (primary N) is 1. The molecule has 2 aliphatic rings. The molecule has 30 heavy (non-hydrogen) atoms. The largest absolute Gasteiger partial charge is 0.493 e. The SMILES string of the molecule is NC(=NCc1ccccc1OCCN1CCOCC1)NC1CCOc2ccccc21. The van der Waals surface area contributed by atoms with Gasteiger partial charge < -0.3 is 25.3 Å². The predicted molar refractivity (Wildman–Crippen MR) is 117 cm³/mol. The molecule has 0 saturated carbocycles. The van der Waals surface area contributed by atoms with Gasteiger partial charge in [0.1, 0.15) is 18.1 Å². The number of ether oxygens (including phenoxy) is 3. The van der Waals surface area contributed by atoms with Gasteiger partial charge in [0.15, 0.2) is 5.96 Å². The van der Waals surface area contributed by atoms with Gasteiger partial charge in [0.05, 0.1) is 32.4 Å². The second kappa shape index (κ2) is 10.3. The number of hydrogen-bond acceptors (Lipinski definition) is 5. The molecular formula is C23H30N4O3. The Labute approximate surface area is 177 Å². The van der Waals surface area contributed by atoms with Crippen molar-refractivity contribution in [3.63, 3.8) is 0 Å². The van der Waals surface area contributed by atoms with Crippen molar-refractivity contribution in [2.24, 2.45) is 10.7 Å². The number of benzene rings is 2. The smallest absolute Gasteiger partial charge is 0.189 e. The number of morpholine rings is 1. The lowest BCUT2D eigenvalue weighted by Crippen LogP contribution is -2.38. The third-order valence-corrected chi connectivity index (χ3v) is 5.44. The molecule has 2 aromatic rings. The van der Waals surface area contributed by atoms with Gasteiger partial charge >= 0.3 is 0 Å². The molecule has 1 atom stereocenters. The molecule has 1 unspecified atom stereocenters. The minimum absolute atomic E-state index is 0.110. The van der Waals surface area contributed by atoms with Crippen LogP contribution in [-0.4, -0.2) is 56.9 Å². The van der Waals surface area contributed by atoms with Gasteiger partial charge in [-0.15, -0.1) is 0 Å². The second-order valence-corrected chi connectivity index (χ2v) is 7.48. The van der Waals surface area contributed by atoms with Crippen molar-refractivity contribution in [3.8, 4) is 11.5 Å². The lowest BCUT2D eigenvalue weighted by Gasteiger charge is -2.27. The summed E-state index contributed by atoms with van der Waals surface area (Å²) in [7, 11) is 0. The van der Waals surface area contributed by atoms with E-state index in [-0.39, 0.29) is 6.04 Å². The van der Waals surface area contributed by atoms with Crippen molar-refractivity contribution >= 4 is 5.96 Å². The van der Waals surface area contributed by atoms with E-state index in [1.807, 2.05) is 42.5 Å². The summed E-state index contributed by atoms with van der Waals surface area (Å²) in [6.07, 6.45) is 0.856. The first kappa shape index (κ1) is 20.5. The van der Waals surface area contributed by atoms with Crippen molar-refractivity contribution in [1.82, 2.24) is 10.2 Å². The van der Waals surface area contributed by atoms with Crippen molar-refractivity contribution < 1.29 is 14.2 Å². The lowest BCUT2D eigenvalue weighted by molar-refractivity contribution is 0.0322. The van der Waals surface area contributed by atoms with Gasteiger partial charge in [0.2, 0.25) is 0 Å². The molecule has 0 radical (unpaired) electrons. The standard InChI is InChI=1S/C23H30N4O3/c24-23(26-20-9-13-29-22-8-4-2-6-19(20)22)25-17-18-5-1-3-7-21(18)30-16-12-27-10-14-28-15-11-27/h1-8,20H,9-17H2,(H3,24,25,26). The zero-order chi connectivity index (χ0) is 20.6. The Kier molecular flexibility index (Phi) is 7.05. The molecule has 0 aliphatic carbocycles. The lowest BCUT2D eigenvalue weighted by atomic mass is 10.0. The molecule has 3 N–H and O–H groups in total. The maximum absolute atomic E-state index is 6.20. The maximum atomic E-state index is 6.20. The Morgan fingerprint density at radius 3 is 2.80 bits per heavy atom. The fraction of sp³-hybridized carbons (Fsp3) is 0.435. The van der Waals surface area contributed by atoms with Gasteiger partial charge in [-0.25, -0.2) is 4.99 Å². The number of nitrogens with one attached hydrogen (secondary N) is 1. The van der Waals surface area contributed by atoms with E-state index in [1.54, 1.807) is 0 Å². The summed E-state index contributed by atoms with van der Waals surface area (Å²) in [6, 6.07) is 16.2. The minimum atomic E-state index is 0.110. The van der Waals surface area contributed by atoms with Crippen LogP contribution in [0.5, 0.6) is 11.5 Å². The molecule has 7 nitrogen and oxygen atoms in total. The normalized spacial score (nSPS) is 19.6. The zero-order valence-corrected chi connectivity index (χ0v) is 17.3. The van der Waals surface area contributed by atoms with Crippen molar-refractivity contribution in [2.45, 2.75) is 19.0 Å². The van der Waals surface area contributed by atoms with Crippen LogP contribution in [0.4, 0.5) is 0 Å². The van der Waals surface area contributed by atoms with Crippen LogP contribution in [0.15, 0.2) is 53.5 Å². The average molecular weight is 411 g/mol.